The van der Waals surface area contributed by atoms with Gasteiger partial charge in [0.1, 0.15) is 5.82 Å². The van der Waals surface area contributed by atoms with E-state index in [9.17, 15) is 4.79 Å². The third kappa shape index (κ3) is 5.19. The Morgan fingerprint density at radius 2 is 2.00 bits per heavy atom. The molecule has 29 heavy (non-hydrogen) atoms. The number of aliphatic imine (C=N–C) groups is 1. The molecule has 0 aromatic carbocycles. The van der Waals surface area contributed by atoms with Gasteiger partial charge in [0, 0.05) is 42.7 Å². The number of aryl methyl sites for hydroxylation is 1. The summed E-state index contributed by atoms with van der Waals surface area (Å²) < 4.78 is 0. The number of nitrogens with zero attached hydrogens (tertiary/aromatic N) is 3. The van der Waals surface area contributed by atoms with Crippen LogP contribution in [-0.2, 0) is 11.2 Å². The number of pyridine rings is 2. The fourth-order valence-electron chi connectivity index (χ4n) is 4.24. The van der Waals surface area contributed by atoms with Crippen molar-refractivity contribution in [1.29, 1.82) is 0 Å². The van der Waals surface area contributed by atoms with Gasteiger partial charge in [-0.3, -0.25) is 14.8 Å². The van der Waals surface area contributed by atoms with Crippen molar-refractivity contribution in [3.05, 3.63) is 47.9 Å². The molecule has 3 heterocycles. The summed E-state index contributed by atoms with van der Waals surface area (Å²) in [6.07, 6.45) is 14.6. The summed E-state index contributed by atoms with van der Waals surface area (Å²) in [4.78, 5) is 26.0. The summed E-state index contributed by atoms with van der Waals surface area (Å²) >= 11 is 0. The molecular weight excluding hydrogens is 362 g/mol. The molecule has 4 rings (SSSR count). The van der Waals surface area contributed by atoms with Crippen LogP contribution in [0.3, 0.4) is 0 Å². The Morgan fingerprint density at radius 1 is 1.10 bits per heavy atom. The summed E-state index contributed by atoms with van der Waals surface area (Å²) in [6.45, 7) is 0.803. The van der Waals surface area contributed by atoms with Crippen LogP contribution in [0.1, 0.15) is 62.5 Å². The minimum Gasteiger partial charge on any atom is -0.367 e. The van der Waals surface area contributed by atoms with Crippen LogP contribution < -0.4 is 10.6 Å². The number of anilines is 2. The van der Waals surface area contributed by atoms with E-state index in [1.165, 1.54) is 37.7 Å². The van der Waals surface area contributed by atoms with E-state index in [2.05, 4.69) is 26.7 Å². The third-order valence-electron chi connectivity index (χ3n) is 5.71. The van der Waals surface area contributed by atoms with Crippen LogP contribution in [0.2, 0.25) is 0 Å². The summed E-state index contributed by atoms with van der Waals surface area (Å²) in [7, 11) is 0. The zero-order valence-electron chi connectivity index (χ0n) is 16.9. The van der Waals surface area contributed by atoms with Gasteiger partial charge < -0.3 is 10.6 Å². The van der Waals surface area contributed by atoms with Crippen molar-refractivity contribution < 1.29 is 4.79 Å². The second kappa shape index (κ2) is 9.63. The van der Waals surface area contributed by atoms with E-state index in [1.54, 1.807) is 12.4 Å². The van der Waals surface area contributed by atoms with Gasteiger partial charge in [-0.05, 0) is 55.9 Å². The Labute approximate surface area is 172 Å². The molecule has 0 bridgehead atoms. The highest BCUT2D eigenvalue weighted by Gasteiger charge is 2.21. The van der Waals surface area contributed by atoms with Crippen molar-refractivity contribution in [2.24, 2.45) is 4.99 Å². The molecule has 2 aromatic rings. The van der Waals surface area contributed by atoms with Crippen LogP contribution in [0.25, 0.3) is 0 Å². The SMILES string of the molecule is O=C(CCC1=NCCCc2ccnc(NC3CCCCC3)c21)Nc1cccnc1. The molecule has 0 atom stereocenters. The predicted octanol–water partition coefficient (Wildman–Crippen LogP) is 4.38. The lowest BCUT2D eigenvalue weighted by Crippen LogP contribution is -2.25. The van der Waals surface area contributed by atoms with Gasteiger partial charge in [-0.1, -0.05) is 19.3 Å². The van der Waals surface area contributed by atoms with Crippen molar-refractivity contribution in [3.63, 3.8) is 0 Å². The molecule has 0 saturated heterocycles. The molecule has 2 aromatic heterocycles. The Kier molecular flexibility index (Phi) is 6.49. The molecule has 0 radical (unpaired) electrons. The monoisotopic (exact) mass is 391 g/mol. The first-order valence-electron chi connectivity index (χ1n) is 10.8. The maximum absolute atomic E-state index is 12.4. The highest BCUT2D eigenvalue weighted by atomic mass is 16.1. The second-order valence-electron chi connectivity index (χ2n) is 7.89. The molecule has 2 N–H and O–H groups in total. The number of nitrogens with one attached hydrogen (secondary N) is 2. The zero-order chi connectivity index (χ0) is 19.9. The Balaban J connectivity index is 1.48. The van der Waals surface area contributed by atoms with Crippen LogP contribution in [-0.4, -0.2) is 34.2 Å². The lowest BCUT2D eigenvalue weighted by molar-refractivity contribution is -0.116. The van der Waals surface area contributed by atoms with E-state index in [4.69, 9.17) is 4.99 Å². The highest BCUT2D eigenvalue weighted by Crippen LogP contribution is 2.28. The number of rotatable bonds is 6. The molecule has 2 aliphatic rings. The summed E-state index contributed by atoms with van der Waals surface area (Å²) in [5.74, 6) is 0.930. The van der Waals surface area contributed by atoms with Gasteiger partial charge in [-0.2, -0.15) is 0 Å². The fourth-order valence-corrected chi connectivity index (χ4v) is 4.24. The maximum Gasteiger partial charge on any atom is 0.224 e. The number of fused-ring (bicyclic) bond motifs is 1. The van der Waals surface area contributed by atoms with Crippen LogP contribution in [0.4, 0.5) is 11.5 Å². The first-order chi connectivity index (χ1) is 14.3. The van der Waals surface area contributed by atoms with E-state index in [0.717, 1.165) is 42.2 Å². The van der Waals surface area contributed by atoms with E-state index in [0.29, 0.717) is 18.9 Å². The highest BCUT2D eigenvalue weighted by molar-refractivity contribution is 6.07. The average Bonchev–Trinajstić information content (AvgIpc) is 2.97. The van der Waals surface area contributed by atoms with E-state index >= 15 is 0 Å². The van der Waals surface area contributed by atoms with Crippen LogP contribution >= 0.6 is 0 Å². The maximum atomic E-state index is 12.4. The van der Waals surface area contributed by atoms with Crippen molar-refractivity contribution in [3.8, 4) is 0 Å². The Hall–Kier alpha value is -2.76. The van der Waals surface area contributed by atoms with Crippen molar-refractivity contribution in [2.75, 3.05) is 17.2 Å². The molecule has 1 fully saturated rings. The quantitative estimate of drug-likeness (QED) is 0.766. The summed E-state index contributed by atoms with van der Waals surface area (Å²) in [5, 5.41) is 6.61. The summed E-state index contributed by atoms with van der Waals surface area (Å²) in [6, 6.07) is 6.26. The van der Waals surface area contributed by atoms with Gasteiger partial charge in [0.05, 0.1) is 11.9 Å². The molecule has 152 valence electrons. The number of hydrogen-bond donors (Lipinski definition) is 2. The largest absolute Gasteiger partial charge is 0.367 e. The Morgan fingerprint density at radius 3 is 2.83 bits per heavy atom. The van der Waals surface area contributed by atoms with Gasteiger partial charge >= 0.3 is 0 Å². The average molecular weight is 392 g/mol. The number of carbonyl (C=O) groups excluding carboxylic acids is 1. The van der Waals surface area contributed by atoms with Crippen molar-refractivity contribution in [1.82, 2.24) is 9.97 Å². The van der Waals surface area contributed by atoms with Gasteiger partial charge in [0.2, 0.25) is 5.91 Å². The molecular formula is C23H29N5O. The van der Waals surface area contributed by atoms with E-state index < -0.39 is 0 Å². The first kappa shape index (κ1) is 19.6. The molecule has 0 unspecified atom stereocenters. The molecule has 1 amide bonds. The van der Waals surface area contributed by atoms with Crippen LogP contribution in [0, 0.1) is 0 Å². The molecule has 6 nitrogen and oxygen atoms in total. The van der Waals surface area contributed by atoms with Crippen molar-refractivity contribution in [2.45, 2.75) is 63.8 Å². The number of hydrogen-bond acceptors (Lipinski definition) is 5. The minimum atomic E-state index is -0.0165. The fraction of sp³-hybridized carbons (Fsp3) is 0.478. The molecule has 1 saturated carbocycles. The lowest BCUT2D eigenvalue weighted by Gasteiger charge is -2.25. The van der Waals surface area contributed by atoms with Gasteiger partial charge in [-0.25, -0.2) is 4.98 Å². The normalized spacial score (nSPS) is 17.0. The molecule has 0 spiro atoms. The number of aromatic nitrogens is 2. The smallest absolute Gasteiger partial charge is 0.224 e. The first-order valence-corrected chi connectivity index (χ1v) is 10.8. The predicted molar refractivity (Wildman–Crippen MR) is 117 cm³/mol. The van der Waals surface area contributed by atoms with Gasteiger partial charge in [0.15, 0.2) is 0 Å². The number of carbonyl (C=O) groups is 1. The van der Waals surface area contributed by atoms with Gasteiger partial charge in [0.25, 0.3) is 0 Å². The topological polar surface area (TPSA) is 79.3 Å². The van der Waals surface area contributed by atoms with E-state index in [1.807, 2.05) is 18.3 Å². The molecule has 6 heteroatoms. The molecule has 1 aliphatic carbocycles. The lowest BCUT2D eigenvalue weighted by atomic mass is 9.94. The minimum absolute atomic E-state index is 0.0165. The van der Waals surface area contributed by atoms with E-state index in [-0.39, 0.29) is 5.91 Å². The second-order valence-corrected chi connectivity index (χ2v) is 7.89. The van der Waals surface area contributed by atoms with Crippen LogP contribution in [0.5, 0.6) is 0 Å². The number of amides is 1. The zero-order valence-corrected chi connectivity index (χ0v) is 16.9. The molecule has 1 aliphatic heterocycles. The third-order valence-corrected chi connectivity index (χ3v) is 5.71. The van der Waals surface area contributed by atoms with Crippen molar-refractivity contribution >= 4 is 23.1 Å². The standard InChI is InChI=1S/C23H29N5O/c29-21(27-19-9-5-13-24-16-19)11-10-20-22-17(6-4-14-25-20)12-15-26-23(22)28-18-7-2-1-3-8-18/h5,9,12-13,15-16,18H,1-4,6-8,10-11,14H2,(H,26,28)(H,27,29). The van der Waals surface area contributed by atoms with Crippen LogP contribution in [0.15, 0.2) is 41.8 Å². The summed E-state index contributed by atoms with van der Waals surface area (Å²) in [5.41, 5.74) is 4.15. The van der Waals surface area contributed by atoms with Gasteiger partial charge in [-0.15, -0.1) is 0 Å². The Bertz CT molecular complexity index is 859.